The maximum absolute atomic E-state index is 13.8. The molecule has 0 radical (unpaired) electrons. The Labute approximate surface area is 212 Å². The number of sulfonamides is 1. The van der Waals surface area contributed by atoms with Crippen LogP contribution in [0.1, 0.15) is 74.7 Å². The summed E-state index contributed by atoms with van der Waals surface area (Å²) in [5, 5.41) is 0. The Morgan fingerprint density at radius 1 is 1.08 bits per heavy atom. The van der Waals surface area contributed by atoms with Crippen molar-refractivity contribution in [2.24, 2.45) is 0 Å². The first-order valence-corrected chi connectivity index (χ1v) is 14.1. The number of aromatic nitrogens is 2. The number of hydrogen-bond acceptors (Lipinski definition) is 6. The van der Waals surface area contributed by atoms with Crippen molar-refractivity contribution in [3.05, 3.63) is 50.2 Å². The van der Waals surface area contributed by atoms with Crippen LogP contribution in [0.4, 0.5) is 11.5 Å². The van der Waals surface area contributed by atoms with Gasteiger partial charge in [-0.2, -0.15) is 4.31 Å². The molecule has 3 N–H and O–H groups in total. The Morgan fingerprint density at radius 2 is 1.75 bits per heavy atom. The zero-order chi connectivity index (χ0) is 26.5. The van der Waals surface area contributed by atoms with E-state index in [1.54, 1.807) is 19.1 Å². The van der Waals surface area contributed by atoms with E-state index < -0.39 is 27.2 Å². The minimum Gasteiger partial charge on any atom is -0.383 e. The normalized spacial score (nSPS) is 14.6. The molecule has 10 nitrogen and oxygen atoms in total. The van der Waals surface area contributed by atoms with Crippen LogP contribution in [0.5, 0.6) is 0 Å². The van der Waals surface area contributed by atoms with Gasteiger partial charge in [-0.05, 0) is 50.3 Å². The average molecular weight is 520 g/mol. The highest BCUT2D eigenvalue weighted by atomic mass is 32.2. The Morgan fingerprint density at radius 3 is 2.39 bits per heavy atom. The third-order valence-corrected chi connectivity index (χ3v) is 8.61. The molecule has 2 heterocycles. The van der Waals surface area contributed by atoms with Crippen molar-refractivity contribution in [1.82, 2.24) is 13.9 Å². The van der Waals surface area contributed by atoms with Gasteiger partial charge in [-0.15, -0.1) is 0 Å². The lowest BCUT2D eigenvalue weighted by Crippen LogP contribution is -2.42. The molecule has 198 valence electrons. The molecule has 1 saturated heterocycles. The fourth-order valence-electron chi connectivity index (χ4n) is 4.42. The lowest BCUT2D eigenvalue weighted by molar-refractivity contribution is 0.0986. The van der Waals surface area contributed by atoms with Crippen molar-refractivity contribution in [3.63, 3.8) is 0 Å². The molecule has 11 heteroatoms. The van der Waals surface area contributed by atoms with Crippen LogP contribution in [0.25, 0.3) is 0 Å². The van der Waals surface area contributed by atoms with Gasteiger partial charge < -0.3 is 10.6 Å². The number of hydrogen-bond donors (Lipinski definition) is 2. The van der Waals surface area contributed by atoms with Gasteiger partial charge in [0.15, 0.2) is 5.69 Å². The van der Waals surface area contributed by atoms with Gasteiger partial charge in [0.1, 0.15) is 5.82 Å². The third kappa shape index (κ3) is 5.73. The first-order chi connectivity index (χ1) is 17.1. The Hall–Kier alpha value is -2.92. The topological polar surface area (TPSA) is 139 Å². The number of rotatable bonds is 10. The Kier molecular flexibility index (Phi) is 9.13. The number of benzene rings is 1. The summed E-state index contributed by atoms with van der Waals surface area (Å²) >= 11 is 0. The van der Waals surface area contributed by atoms with E-state index in [4.69, 9.17) is 5.73 Å². The van der Waals surface area contributed by atoms with E-state index in [1.807, 2.05) is 13.8 Å². The molecule has 1 amide bonds. The first-order valence-electron chi connectivity index (χ1n) is 12.7. The molecule has 1 fully saturated rings. The van der Waals surface area contributed by atoms with Gasteiger partial charge in [0, 0.05) is 31.7 Å². The third-order valence-electron chi connectivity index (χ3n) is 6.57. The van der Waals surface area contributed by atoms with E-state index in [0.717, 1.165) is 32.1 Å². The zero-order valence-electron chi connectivity index (χ0n) is 21.4. The van der Waals surface area contributed by atoms with Gasteiger partial charge in [-0.3, -0.25) is 19.1 Å². The molecule has 1 aliphatic heterocycles. The number of carbonyl (C=O) groups excluding carboxylic acids is 1. The molecule has 0 atom stereocenters. The summed E-state index contributed by atoms with van der Waals surface area (Å²) in [7, 11) is -3.77. The van der Waals surface area contributed by atoms with Gasteiger partial charge in [-0.25, -0.2) is 13.2 Å². The van der Waals surface area contributed by atoms with Crippen LogP contribution in [0.3, 0.4) is 0 Å². The summed E-state index contributed by atoms with van der Waals surface area (Å²) in [5.74, 6) is -0.619. The fraction of sp³-hybridized carbons (Fsp3) is 0.560. The number of nitrogens with zero attached hydrogens (tertiary/aromatic N) is 3. The second-order valence-electron chi connectivity index (χ2n) is 9.25. The standard InChI is InChI=1S/C25H37N5O5S/c1-4-6-15-29(21-22(26)30(16-7-5-2)25(33)27-23(21)31)24(32)19-12-11-18(3)20(17-19)36(34,35)28-13-9-8-10-14-28/h11-12,17H,4-10,13-16,26H2,1-3H3,(H,27,31,33). The van der Waals surface area contributed by atoms with E-state index in [-0.39, 0.29) is 28.5 Å². The van der Waals surface area contributed by atoms with Crippen molar-refractivity contribution in [1.29, 1.82) is 0 Å². The van der Waals surface area contributed by atoms with Crippen LogP contribution in [-0.4, -0.2) is 47.8 Å². The largest absolute Gasteiger partial charge is 0.383 e. The monoisotopic (exact) mass is 519 g/mol. The van der Waals surface area contributed by atoms with Gasteiger partial charge >= 0.3 is 5.69 Å². The second-order valence-corrected chi connectivity index (χ2v) is 11.2. The molecular formula is C25H37N5O5S. The summed E-state index contributed by atoms with van der Waals surface area (Å²) in [6.07, 6.45) is 5.43. The first kappa shape index (κ1) is 27.7. The quantitative estimate of drug-likeness (QED) is 0.495. The molecule has 0 aliphatic carbocycles. The SMILES string of the molecule is CCCCN(C(=O)c1ccc(C)c(S(=O)(=O)N2CCCCC2)c1)c1c(N)n(CCCC)c(=O)[nH]c1=O. The number of aryl methyl sites for hydroxylation is 1. The number of aromatic amines is 1. The lowest BCUT2D eigenvalue weighted by Gasteiger charge is -2.27. The minimum atomic E-state index is -3.77. The number of nitrogens with two attached hydrogens (primary N) is 1. The smallest absolute Gasteiger partial charge is 0.330 e. The van der Waals surface area contributed by atoms with Gasteiger partial charge in [-0.1, -0.05) is 39.2 Å². The molecule has 1 aliphatic rings. The predicted octanol–water partition coefficient (Wildman–Crippen LogP) is 2.85. The average Bonchev–Trinajstić information content (AvgIpc) is 2.86. The van der Waals surface area contributed by atoms with Crippen LogP contribution in [0.15, 0.2) is 32.7 Å². The highest BCUT2D eigenvalue weighted by Crippen LogP contribution is 2.26. The lowest BCUT2D eigenvalue weighted by atomic mass is 10.1. The van der Waals surface area contributed by atoms with E-state index in [0.29, 0.717) is 38.0 Å². The van der Waals surface area contributed by atoms with E-state index in [9.17, 15) is 22.8 Å². The van der Waals surface area contributed by atoms with Crippen LogP contribution in [0.2, 0.25) is 0 Å². The molecule has 1 aromatic heterocycles. The number of piperidine rings is 1. The molecule has 0 spiro atoms. The maximum Gasteiger partial charge on any atom is 0.330 e. The molecule has 0 unspecified atom stereocenters. The number of anilines is 2. The molecule has 1 aromatic carbocycles. The van der Waals surface area contributed by atoms with Crippen molar-refractivity contribution < 1.29 is 13.2 Å². The summed E-state index contributed by atoms with van der Waals surface area (Å²) < 4.78 is 29.5. The fourth-order valence-corrected chi connectivity index (χ4v) is 6.19. The van der Waals surface area contributed by atoms with E-state index in [2.05, 4.69) is 4.98 Å². The van der Waals surface area contributed by atoms with Crippen molar-refractivity contribution in [2.75, 3.05) is 30.3 Å². The molecule has 3 rings (SSSR count). The van der Waals surface area contributed by atoms with Crippen LogP contribution >= 0.6 is 0 Å². The number of H-pyrrole nitrogens is 1. The Bertz CT molecular complexity index is 1310. The van der Waals surface area contributed by atoms with Crippen LogP contribution < -0.4 is 21.9 Å². The van der Waals surface area contributed by atoms with Crippen molar-refractivity contribution in [2.45, 2.75) is 77.2 Å². The number of unbranched alkanes of at least 4 members (excludes halogenated alkanes) is 2. The summed E-state index contributed by atoms with van der Waals surface area (Å²) in [5.41, 5.74) is 5.50. The number of amides is 1. The van der Waals surface area contributed by atoms with Crippen molar-refractivity contribution in [3.8, 4) is 0 Å². The van der Waals surface area contributed by atoms with Gasteiger partial charge in [0.05, 0.1) is 4.90 Å². The molecule has 0 bridgehead atoms. The Balaban J connectivity index is 2.09. The van der Waals surface area contributed by atoms with Crippen LogP contribution in [-0.2, 0) is 16.6 Å². The zero-order valence-corrected chi connectivity index (χ0v) is 22.2. The summed E-state index contributed by atoms with van der Waals surface area (Å²) in [4.78, 5) is 42.6. The highest BCUT2D eigenvalue weighted by Gasteiger charge is 2.30. The molecule has 0 saturated carbocycles. The number of nitrogen functional groups attached to an aromatic ring is 1. The van der Waals surface area contributed by atoms with E-state index in [1.165, 1.54) is 19.8 Å². The summed E-state index contributed by atoms with van der Waals surface area (Å²) in [6, 6.07) is 4.55. The molecular weight excluding hydrogens is 482 g/mol. The van der Waals surface area contributed by atoms with Gasteiger partial charge in [0.25, 0.3) is 11.5 Å². The minimum absolute atomic E-state index is 0.0741. The summed E-state index contributed by atoms with van der Waals surface area (Å²) in [6.45, 7) is 7.03. The number of carbonyl (C=O) groups is 1. The predicted molar refractivity (Wildman–Crippen MR) is 141 cm³/mol. The number of nitrogens with one attached hydrogen (secondary N) is 1. The molecule has 2 aromatic rings. The highest BCUT2D eigenvalue weighted by molar-refractivity contribution is 7.89. The van der Waals surface area contributed by atoms with E-state index >= 15 is 0 Å². The van der Waals surface area contributed by atoms with Crippen LogP contribution in [0, 0.1) is 6.92 Å². The van der Waals surface area contributed by atoms with Crippen molar-refractivity contribution >= 4 is 27.4 Å². The second kappa shape index (κ2) is 11.9. The maximum atomic E-state index is 13.8. The molecule has 36 heavy (non-hydrogen) atoms. The van der Waals surface area contributed by atoms with Gasteiger partial charge in [0.2, 0.25) is 10.0 Å².